The quantitative estimate of drug-likeness (QED) is 0.306. The van der Waals surface area contributed by atoms with Crippen LogP contribution in [0.5, 0.6) is 0 Å². The van der Waals surface area contributed by atoms with Crippen LogP contribution < -0.4 is 0 Å². The van der Waals surface area contributed by atoms with Gasteiger partial charge in [-0.1, -0.05) is 24.3 Å². The second kappa shape index (κ2) is 6.12. The first-order valence-corrected chi connectivity index (χ1v) is 10.7. The number of rotatable bonds is 4. The highest BCUT2D eigenvalue weighted by molar-refractivity contribution is 5.91. The van der Waals surface area contributed by atoms with Gasteiger partial charge in [0.1, 0.15) is 5.60 Å². The maximum absolute atomic E-state index is 13.3. The molecule has 3 saturated carbocycles. The summed E-state index contributed by atoms with van der Waals surface area (Å²) in [6.07, 6.45) is 4.14. The number of carbonyl (C=O) groups is 1. The SMILES string of the molecule is O=C(O[C@]12[C@H]3CC[C@@H](C3)[C@H]1[C@H]1C[C@H]2c2ccccc21)c1cc([N+](=O)[O-])cc([N+](=O)[O-])c1. The monoisotopic (exact) mass is 420 g/mol. The van der Waals surface area contributed by atoms with Crippen LogP contribution >= 0.6 is 0 Å². The maximum atomic E-state index is 13.3. The first-order valence-electron chi connectivity index (χ1n) is 10.7. The summed E-state index contributed by atoms with van der Waals surface area (Å²) in [5, 5.41) is 22.5. The molecule has 0 aliphatic heterocycles. The number of esters is 1. The molecule has 4 aliphatic rings. The Morgan fingerprint density at radius 2 is 1.65 bits per heavy atom. The van der Waals surface area contributed by atoms with Gasteiger partial charge in [-0.15, -0.1) is 0 Å². The Bertz CT molecular complexity index is 1130. The summed E-state index contributed by atoms with van der Waals surface area (Å²) in [5.74, 6) is 0.817. The Hall–Kier alpha value is -3.29. The van der Waals surface area contributed by atoms with E-state index in [9.17, 15) is 25.0 Å². The van der Waals surface area contributed by atoms with E-state index in [1.165, 1.54) is 11.1 Å². The van der Waals surface area contributed by atoms with E-state index in [0.29, 0.717) is 11.8 Å². The Labute approximate surface area is 177 Å². The summed E-state index contributed by atoms with van der Waals surface area (Å²) in [4.78, 5) is 34.3. The van der Waals surface area contributed by atoms with Crippen LogP contribution in [-0.2, 0) is 4.74 Å². The molecule has 158 valence electrons. The summed E-state index contributed by atoms with van der Waals surface area (Å²) in [5.41, 5.74) is 0.894. The van der Waals surface area contributed by atoms with Crippen molar-refractivity contribution >= 4 is 17.3 Å². The number of carbonyl (C=O) groups excluding carboxylic acids is 1. The molecule has 4 bridgehead atoms. The zero-order valence-electron chi connectivity index (χ0n) is 16.6. The van der Waals surface area contributed by atoms with Crippen LogP contribution in [0.3, 0.4) is 0 Å². The average Bonchev–Trinajstić information content (AvgIpc) is 3.51. The minimum atomic E-state index is -0.726. The second-order valence-corrected chi connectivity index (χ2v) is 9.31. The molecule has 8 heteroatoms. The lowest BCUT2D eigenvalue weighted by Gasteiger charge is -2.46. The maximum Gasteiger partial charge on any atom is 0.339 e. The molecule has 0 saturated heterocycles. The predicted octanol–water partition coefficient (Wildman–Crippen LogP) is 4.73. The zero-order valence-corrected chi connectivity index (χ0v) is 16.6. The molecule has 6 atom stereocenters. The van der Waals surface area contributed by atoms with E-state index in [1.807, 2.05) is 6.07 Å². The van der Waals surface area contributed by atoms with Crippen molar-refractivity contribution < 1.29 is 19.4 Å². The minimum absolute atomic E-state index is 0.117. The molecule has 3 fully saturated rings. The van der Waals surface area contributed by atoms with Crippen LogP contribution in [0, 0.1) is 38.0 Å². The number of hydrogen-bond donors (Lipinski definition) is 0. The number of benzene rings is 2. The van der Waals surface area contributed by atoms with Crippen molar-refractivity contribution in [1.82, 2.24) is 0 Å². The van der Waals surface area contributed by atoms with Crippen LogP contribution in [-0.4, -0.2) is 21.4 Å². The van der Waals surface area contributed by atoms with Gasteiger partial charge in [-0.25, -0.2) is 4.79 Å². The molecule has 0 amide bonds. The van der Waals surface area contributed by atoms with Crippen molar-refractivity contribution in [3.63, 3.8) is 0 Å². The summed E-state index contributed by atoms with van der Waals surface area (Å²) < 4.78 is 6.32. The first-order chi connectivity index (χ1) is 14.9. The molecule has 2 aromatic rings. The first kappa shape index (κ1) is 18.5. The van der Waals surface area contributed by atoms with Gasteiger partial charge in [-0.3, -0.25) is 20.2 Å². The lowest BCUT2D eigenvalue weighted by atomic mass is 9.65. The van der Waals surface area contributed by atoms with Crippen molar-refractivity contribution in [2.45, 2.75) is 43.1 Å². The highest BCUT2D eigenvalue weighted by Crippen LogP contribution is 2.74. The Morgan fingerprint density at radius 3 is 2.32 bits per heavy atom. The average molecular weight is 420 g/mol. The third-order valence-corrected chi connectivity index (χ3v) is 8.21. The molecule has 0 N–H and O–H groups in total. The van der Waals surface area contributed by atoms with E-state index >= 15 is 0 Å². The third-order valence-electron chi connectivity index (χ3n) is 8.21. The van der Waals surface area contributed by atoms with Crippen LogP contribution in [0.1, 0.15) is 59.0 Å². The molecule has 0 aromatic heterocycles. The van der Waals surface area contributed by atoms with E-state index < -0.39 is 32.8 Å². The summed E-state index contributed by atoms with van der Waals surface area (Å²) in [6.45, 7) is 0. The normalized spacial score (nSPS) is 33.7. The number of nitro groups is 2. The standard InChI is InChI=1S/C23H20N2O6/c26-22(13-8-15(24(27)28)10-16(9-13)25(29)30)31-23-14-6-5-12(7-14)21(23)19-11-20(23)18-4-2-1-3-17(18)19/h1-4,8-10,12,14,19-21H,5-7,11H2/t12-,14-,19-,20-,21-,23-/m0/s1. The highest BCUT2D eigenvalue weighted by atomic mass is 16.6. The van der Waals surface area contributed by atoms with E-state index in [0.717, 1.165) is 43.9 Å². The fourth-order valence-corrected chi connectivity index (χ4v) is 7.36. The van der Waals surface area contributed by atoms with Gasteiger partial charge in [0.05, 0.1) is 21.5 Å². The Morgan fingerprint density at radius 1 is 0.968 bits per heavy atom. The summed E-state index contributed by atoms with van der Waals surface area (Å²) in [6, 6.07) is 11.4. The molecule has 2 aromatic carbocycles. The minimum Gasteiger partial charge on any atom is -0.454 e. The number of nitrogens with zero attached hydrogens (tertiary/aromatic N) is 2. The van der Waals surface area contributed by atoms with E-state index in [2.05, 4.69) is 18.2 Å². The Balaban J connectivity index is 1.42. The van der Waals surface area contributed by atoms with Gasteiger partial charge in [0, 0.05) is 29.9 Å². The highest BCUT2D eigenvalue weighted by Gasteiger charge is 2.72. The zero-order chi connectivity index (χ0) is 21.5. The molecular weight excluding hydrogens is 400 g/mol. The molecular formula is C23H20N2O6. The molecule has 6 rings (SSSR count). The van der Waals surface area contributed by atoms with Gasteiger partial charge in [0.15, 0.2) is 0 Å². The number of ether oxygens (including phenoxy) is 1. The lowest BCUT2D eigenvalue weighted by molar-refractivity contribution is -0.394. The van der Waals surface area contributed by atoms with E-state index in [1.54, 1.807) is 0 Å². The van der Waals surface area contributed by atoms with Gasteiger partial charge in [-0.2, -0.15) is 0 Å². The number of hydrogen-bond acceptors (Lipinski definition) is 6. The van der Waals surface area contributed by atoms with Gasteiger partial charge in [-0.05, 0) is 48.6 Å². The largest absolute Gasteiger partial charge is 0.454 e. The van der Waals surface area contributed by atoms with Gasteiger partial charge < -0.3 is 4.74 Å². The van der Waals surface area contributed by atoms with Gasteiger partial charge in [0.25, 0.3) is 11.4 Å². The van der Waals surface area contributed by atoms with Crippen molar-refractivity contribution in [2.75, 3.05) is 0 Å². The van der Waals surface area contributed by atoms with Crippen molar-refractivity contribution in [1.29, 1.82) is 0 Å². The molecule has 0 heterocycles. The molecule has 8 nitrogen and oxygen atoms in total. The van der Waals surface area contributed by atoms with Gasteiger partial charge >= 0.3 is 5.97 Å². The topological polar surface area (TPSA) is 113 Å². The summed E-state index contributed by atoms with van der Waals surface area (Å²) >= 11 is 0. The number of nitro benzene ring substituents is 2. The molecule has 0 radical (unpaired) electrons. The summed E-state index contributed by atoms with van der Waals surface area (Å²) in [7, 11) is 0. The predicted molar refractivity (Wildman–Crippen MR) is 109 cm³/mol. The third kappa shape index (κ3) is 2.33. The molecule has 0 spiro atoms. The lowest BCUT2D eigenvalue weighted by Crippen LogP contribution is -2.50. The molecule has 0 unspecified atom stereocenters. The Kier molecular flexibility index (Phi) is 3.65. The number of fused-ring (bicyclic) bond motifs is 12. The second-order valence-electron chi connectivity index (χ2n) is 9.31. The van der Waals surface area contributed by atoms with Gasteiger partial charge in [0.2, 0.25) is 0 Å². The van der Waals surface area contributed by atoms with E-state index in [-0.39, 0.29) is 23.3 Å². The van der Waals surface area contributed by atoms with Crippen LogP contribution in [0.15, 0.2) is 42.5 Å². The smallest absolute Gasteiger partial charge is 0.339 e. The van der Waals surface area contributed by atoms with Crippen molar-refractivity contribution in [3.05, 3.63) is 79.4 Å². The van der Waals surface area contributed by atoms with E-state index in [4.69, 9.17) is 4.74 Å². The van der Waals surface area contributed by atoms with Crippen molar-refractivity contribution in [3.8, 4) is 0 Å². The van der Waals surface area contributed by atoms with Crippen LogP contribution in [0.2, 0.25) is 0 Å². The van der Waals surface area contributed by atoms with Crippen molar-refractivity contribution in [2.24, 2.45) is 17.8 Å². The molecule has 4 aliphatic carbocycles. The van der Waals surface area contributed by atoms with Crippen LogP contribution in [0.4, 0.5) is 11.4 Å². The fourth-order valence-electron chi connectivity index (χ4n) is 7.36. The van der Waals surface area contributed by atoms with Crippen LogP contribution in [0.25, 0.3) is 0 Å². The fraction of sp³-hybridized carbons (Fsp3) is 0.435. The number of non-ortho nitro benzene ring substituents is 2. The molecule has 31 heavy (non-hydrogen) atoms.